The summed E-state index contributed by atoms with van der Waals surface area (Å²) in [6, 6.07) is 25.7. The van der Waals surface area contributed by atoms with Crippen LogP contribution in [0, 0.1) is 6.92 Å². The molecule has 0 radical (unpaired) electrons. The third kappa shape index (κ3) is 4.93. The van der Waals surface area contributed by atoms with Crippen LogP contribution in [-0.4, -0.2) is 44.5 Å². The fraction of sp³-hybridized carbons (Fsp3) is 0.226. The molecule has 7 nitrogen and oxygen atoms in total. The van der Waals surface area contributed by atoms with E-state index >= 15 is 0 Å². The molecular formula is C31H31N3O4. The minimum atomic E-state index is -0.784. The quantitative estimate of drug-likeness (QED) is 0.261. The Hall–Kier alpha value is -4.36. The van der Waals surface area contributed by atoms with Gasteiger partial charge in [0, 0.05) is 34.8 Å². The van der Waals surface area contributed by atoms with Crippen molar-refractivity contribution < 1.29 is 19.4 Å². The standard InChI is InChI=1S/C31H31N3O4/c1-4-37-31(36)28-21(2)33(3)27-16-15-25(17-26(27)28)38-19-24(35)18-34-20-32-29(22-11-7-5-8-12-22)30(34)23-13-9-6-10-14-23/h5-17,20,24,35H,4,18-19H2,1-3H3. The fourth-order valence-electron chi connectivity index (χ4n) is 4.80. The zero-order valence-corrected chi connectivity index (χ0v) is 21.8. The number of esters is 1. The van der Waals surface area contributed by atoms with Gasteiger partial charge in [-0.2, -0.15) is 0 Å². The number of aryl methyl sites for hydroxylation is 1. The third-order valence-electron chi connectivity index (χ3n) is 6.73. The molecule has 38 heavy (non-hydrogen) atoms. The first-order valence-corrected chi connectivity index (χ1v) is 12.7. The van der Waals surface area contributed by atoms with Crippen molar-refractivity contribution in [1.82, 2.24) is 14.1 Å². The van der Waals surface area contributed by atoms with Crippen molar-refractivity contribution in [3.63, 3.8) is 0 Å². The van der Waals surface area contributed by atoms with Gasteiger partial charge in [0.1, 0.15) is 18.5 Å². The number of hydrogen-bond acceptors (Lipinski definition) is 5. The molecule has 1 N–H and O–H groups in total. The van der Waals surface area contributed by atoms with E-state index in [1.165, 1.54) is 0 Å². The number of carbonyl (C=O) groups excluding carboxylic acids is 1. The van der Waals surface area contributed by atoms with Gasteiger partial charge in [-0.3, -0.25) is 0 Å². The number of aliphatic hydroxyl groups excluding tert-OH is 1. The molecule has 0 amide bonds. The first kappa shape index (κ1) is 25.3. The highest BCUT2D eigenvalue weighted by molar-refractivity contribution is 6.06. The normalized spacial score (nSPS) is 12.0. The van der Waals surface area contributed by atoms with Crippen LogP contribution in [0.15, 0.2) is 85.2 Å². The Labute approximate surface area is 221 Å². The molecule has 0 aliphatic heterocycles. The molecular weight excluding hydrogens is 478 g/mol. The van der Waals surface area contributed by atoms with Crippen molar-refractivity contribution in [1.29, 1.82) is 0 Å². The first-order chi connectivity index (χ1) is 18.5. The highest BCUT2D eigenvalue weighted by Crippen LogP contribution is 2.32. The zero-order valence-electron chi connectivity index (χ0n) is 21.8. The average Bonchev–Trinajstić information content (AvgIpc) is 3.46. The molecule has 5 aromatic rings. The molecule has 3 aromatic carbocycles. The van der Waals surface area contributed by atoms with Gasteiger partial charge in [-0.05, 0) is 32.0 Å². The summed E-state index contributed by atoms with van der Waals surface area (Å²) in [4.78, 5) is 17.3. The number of aromatic nitrogens is 3. The maximum absolute atomic E-state index is 12.6. The Bertz CT molecular complexity index is 1550. The molecule has 0 fully saturated rings. The zero-order chi connectivity index (χ0) is 26.6. The van der Waals surface area contributed by atoms with Crippen molar-refractivity contribution in [3.8, 4) is 28.3 Å². The molecule has 0 saturated heterocycles. The Kier molecular flexibility index (Phi) is 7.29. The van der Waals surface area contributed by atoms with E-state index in [0.29, 0.717) is 24.5 Å². The largest absolute Gasteiger partial charge is 0.491 e. The molecule has 0 aliphatic rings. The molecule has 0 bridgehead atoms. The van der Waals surface area contributed by atoms with Crippen LogP contribution in [0.5, 0.6) is 5.75 Å². The van der Waals surface area contributed by atoms with Crippen LogP contribution in [0.2, 0.25) is 0 Å². The molecule has 0 saturated carbocycles. The number of rotatable bonds is 9. The van der Waals surface area contributed by atoms with Gasteiger partial charge >= 0.3 is 5.97 Å². The van der Waals surface area contributed by atoms with Crippen LogP contribution in [0.4, 0.5) is 0 Å². The first-order valence-electron chi connectivity index (χ1n) is 12.7. The maximum Gasteiger partial charge on any atom is 0.340 e. The van der Waals surface area contributed by atoms with Crippen molar-refractivity contribution in [3.05, 3.63) is 96.4 Å². The Morgan fingerprint density at radius 2 is 1.68 bits per heavy atom. The summed E-state index contributed by atoms with van der Waals surface area (Å²) in [5.41, 5.74) is 6.12. The lowest BCUT2D eigenvalue weighted by Crippen LogP contribution is -2.23. The minimum absolute atomic E-state index is 0.0825. The lowest BCUT2D eigenvalue weighted by atomic mass is 10.0. The number of nitrogens with zero attached hydrogens (tertiary/aromatic N) is 3. The third-order valence-corrected chi connectivity index (χ3v) is 6.73. The topological polar surface area (TPSA) is 78.5 Å². The van der Waals surface area contributed by atoms with E-state index in [-0.39, 0.29) is 12.6 Å². The van der Waals surface area contributed by atoms with Crippen molar-refractivity contribution in [2.75, 3.05) is 13.2 Å². The molecule has 2 heterocycles. The van der Waals surface area contributed by atoms with E-state index in [1.54, 1.807) is 13.3 Å². The van der Waals surface area contributed by atoms with Gasteiger partial charge in [-0.15, -0.1) is 0 Å². The second-order valence-electron chi connectivity index (χ2n) is 9.21. The highest BCUT2D eigenvalue weighted by Gasteiger charge is 2.21. The van der Waals surface area contributed by atoms with Crippen molar-refractivity contribution >= 4 is 16.9 Å². The number of carbonyl (C=O) groups is 1. The van der Waals surface area contributed by atoms with Crippen LogP contribution in [0.25, 0.3) is 33.4 Å². The van der Waals surface area contributed by atoms with Gasteiger partial charge in [0.25, 0.3) is 0 Å². The van der Waals surface area contributed by atoms with Crippen LogP contribution < -0.4 is 4.74 Å². The lowest BCUT2D eigenvalue weighted by molar-refractivity contribution is 0.0527. The van der Waals surface area contributed by atoms with Gasteiger partial charge in [0.05, 0.1) is 36.4 Å². The predicted octanol–water partition coefficient (Wildman–Crippen LogP) is 5.63. The SMILES string of the molecule is CCOC(=O)c1c(C)n(C)c2ccc(OCC(O)Cn3cnc(-c4ccccc4)c3-c3ccccc3)cc12. The number of ether oxygens (including phenoxy) is 2. The van der Waals surface area contributed by atoms with Gasteiger partial charge in [0.15, 0.2) is 0 Å². The summed E-state index contributed by atoms with van der Waals surface area (Å²) in [6.45, 7) is 4.39. The molecule has 2 aromatic heterocycles. The number of aliphatic hydroxyl groups is 1. The maximum atomic E-state index is 12.6. The van der Waals surface area contributed by atoms with Gasteiger partial charge in [-0.1, -0.05) is 60.7 Å². The van der Waals surface area contributed by atoms with E-state index in [0.717, 1.165) is 39.1 Å². The average molecular weight is 510 g/mol. The van der Waals surface area contributed by atoms with Crippen LogP contribution in [-0.2, 0) is 18.3 Å². The van der Waals surface area contributed by atoms with Crippen molar-refractivity contribution in [2.45, 2.75) is 26.5 Å². The second kappa shape index (κ2) is 10.9. The van der Waals surface area contributed by atoms with Crippen LogP contribution in [0.1, 0.15) is 23.0 Å². The molecule has 194 valence electrons. The fourth-order valence-corrected chi connectivity index (χ4v) is 4.80. The van der Waals surface area contributed by atoms with E-state index in [2.05, 4.69) is 4.98 Å². The Morgan fingerprint density at radius 3 is 2.37 bits per heavy atom. The smallest absolute Gasteiger partial charge is 0.340 e. The van der Waals surface area contributed by atoms with E-state index in [9.17, 15) is 9.90 Å². The summed E-state index contributed by atoms with van der Waals surface area (Å²) < 4.78 is 15.2. The Balaban J connectivity index is 1.37. The van der Waals surface area contributed by atoms with E-state index in [4.69, 9.17) is 9.47 Å². The molecule has 1 atom stereocenters. The minimum Gasteiger partial charge on any atom is -0.491 e. The van der Waals surface area contributed by atoms with Crippen LogP contribution >= 0.6 is 0 Å². The second-order valence-corrected chi connectivity index (χ2v) is 9.21. The van der Waals surface area contributed by atoms with Crippen molar-refractivity contribution in [2.24, 2.45) is 7.05 Å². The number of imidazole rings is 1. The Morgan fingerprint density at radius 1 is 1.00 bits per heavy atom. The van der Waals surface area contributed by atoms with E-state index < -0.39 is 6.10 Å². The molecule has 0 spiro atoms. The monoisotopic (exact) mass is 509 g/mol. The molecule has 1 unspecified atom stereocenters. The summed E-state index contributed by atoms with van der Waals surface area (Å²) in [5, 5.41) is 11.7. The predicted molar refractivity (Wildman–Crippen MR) is 148 cm³/mol. The number of fused-ring (bicyclic) bond motifs is 1. The summed E-state index contributed by atoms with van der Waals surface area (Å²) in [6.07, 6.45) is 0.978. The van der Waals surface area contributed by atoms with Crippen LogP contribution in [0.3, 0.4) is 0 Å². The molecule has 0 aliphatic carbocycles. The number of hydrogen-bond donors (Lipinski definition) is 1. The van der Waals surface area contributed by atoms with Gasteiger partial charge < -0.3 is 23.7 Å². The van der Waals surface area contributed by atoms with Gasteiger partial charge in [0.2, 0.25) is 0 Å². The summed E-state index contributed by atoms with van der Waals surface area (Å²) in [7, 11) is 1.92. The summed E-state index contributed by atoms with van der Waals surface area (Å²) >= 11 is 0. The highest BCUT2D eigenvalue weighted by atomic mass is 16.5. The molecule has 7 heteroatoms. The number of benzene rings is 3. The molecule has 5 rings (SSSR count). The lowest BCUT2D eigenvalue weighted by Gasteiger charge is -2.16. The van der Waals surface area contributed by atoms with E-state index in [1.807, 2.05) is 102 Å². The van der Waals surface area contributed by atoms with Gasteiger partial charge in [-0.25, -0.2) is 9.78 Å². The summed E-state index contributed by atoms with van der Waals surface area (Å²) in [5.74, 6) is 0.224.